The second-order valence-electron chi connectivity index (χ2n) is 6.07. The van der Waals surface area contributed by atoms with Crippen LogP contribution in [0, 0.1) is 6.92 Å². The maximum absolute atomic E-state index is 12.3. The average Bonchev–Trinajstić information content (AvgIpc) is 2.54. The molecule has 1 atom stereocenters. The van der Waals surface area contributed by atoms with Crippen LogP contribution in [0.2, 0.25) is 0 Å². The van der Waals surface area contributed by atoms with E-state index in [1.807, 2.05) is 13.0 Å². The lowest BCUT2D eigenvalue weighted by Gasteiger charge is -2.29. The van der Waals surface area contributed by atoms with Gasteiger partial charge in [-0.1, -0.05) is 12.1 Å². The molecule has 0 saturated carbocycles. The Kier molecular flexibility index (Phi) is 4.18. The Labute approximate surface area is 144 Å². The van der Waals surface area contributed by atoms with Crippen molar-refractivity contribution < 1.29 is 9.59 Å². The van der Waals surface area contributed by atoms with Crippen LogP contribution in [0.5, 0.6) is 0 Å². The maximum atomic E-state index is 12.3. The van der Waals surface area contributed by atoms with Crippen molar-refractivity contribution in [3.63, 3.8) is 0 Å². The van der Waals surface area contributed by atoms with Crippen LogP contribution >= 0.6 is 0 Å². The fourth-order valence-electron chi connectivity index (χ4n) is 2.64. The monoisotopic (exact) mass is 338 g/mol. The minimum Gasteiger partial charge on any atom is -0.370 e. The van der Waals surface area contributed by atoms with Crippen LogP contribution < -0.4 is 16.4 Å². The van der Waals surface area contributed by atoms with Gasteiger partial charge >= 0.3 is 0 Å². The molecule has 1 unspecified atom stereocenters. The first kappa shape index (κ1) is 16.6. The Morgan fingerprint density at radius 3 is 2.80 bits per heavy atom. The minimum atomic E-state index is -0.781. The van der Waals surface area contributed by atoms with Crippen LogP contribution in [0.1, 0.15) is 35.1 Å². The highest BCUT2D eigenvalue weighted by Gasteiger charge is 2.33. The number of nitrogens with two attached hydrogens (primary N) is 1. The smallest absolute Gasteiger partial charge is 0.275 e. The third-order valence-electron chi connectivity index (χ3n) is 3.90. The van der Waals surface area contributed by atoms with E-state index in [0.717, 1.165) is 11.3 Å². The highest BCUT2D eigenvalue weighted by Crippen LogP contribution is 2.32. The Balaban J connectivity index is 1.84. The highest BCUT2D eigenvalue weighted by molar-refractivity contribution is 6.02. The lowest BCUT2D eigenvalue weighted by atomic mass is 9.87. The fraction of sp³-hybridized carbons (Fsp3) is 0.235. The van der Waals surface area contributed by atoms with Crippen LogP contribution in [0.25, 0.3) is 0 Å². The van der Waals surface area contributed by atoms with Crippen molar-refractivity contribution in [1.82, 2.24) is 15.3 Å². The van der Waals surface area contributed by atoms with Crippen molar-refractivity contribution in [2.24, 2.45) is 10.7 Å². The number of rotatable bonds is 3. The summed E-state index contributed by atoms with van der Waals surface area (Å²) in [5.74, 6) is -0.471. The zero-order chi connectivity index (χ0) is 18.0. The van der Waals surface area contributed by atoms with Gasteiger partial charge in [-0.25, -0.2) is 9.98 Å². The molecule has 2 amide bonds. The third kappa shape index (κ3) is 3.63. The number of hydrogen-bond donors (Lipinski definition) is 3. The minimum absolute atomic E-state index is 0.0862. The van der Waals surface area contributed by atoms with E-state index in [-0.39, 0.29) is 29.9 Å². The van der Waals surface area contributed by atoms with Crippen molar-refractivity contribution >= 4 is 23.5 Å². The number of hydrogen-bond acceptors (Lipinski definition) is 6. The van der Waals surface area contributed by atoms with Gasteiger partial charge in [0.2, 0.25) is 5.91 Å². The van der Waals surface area contributed by atoms with Gasteiger partial charge < -0.3 is 11.1 Å². The molecule has 8 heteroatoms. The lowest BCUT2D eigenvalue weighted by Crippen LogP contribution is -2.46. The summed E-state index contributed by atoms with van der Waals surface area (Å²) in [6, 6.07) is 7.16. The SMILES string of the molecule is Cc1cnc(C(=O)Nc2cccc(C3(C)CC(=O)NC(N)=N3)c2)cn1. The Bertz CT molecular complexity index is 862. The van der Waals surface area contributed by atoms with Gasteiger partial charge in [0.15, 0.2) is 5.96 Å². The summed E-state index contributed by atoms with van der Waals surface area (Å²) in [6.07, 6.45) is 3.13. The molecule has 128 valence electrons. The Morgan fingerprint density at radius 1 is 1.32 bits per heavy atom. The van der Waals surface area contributed by atoms with Crippen molar-refractivity contribution in [2.45, 2.75) is 25.8 Å². The van der Waals surface area contributed by atoms with Crippen LogP contribution in [-0.2, 0) is 10.3 Å². The predicted octanol–water partition coefficient (Wildman–Crippen LogP) is 1.09. The standard InChI is InChI=1S/C17H18N6O2/c1-10-8-20-13(9-19-10)15(25)21-12-5-3-4-11(6-12)17(2)7-14(24)22-16(18)23-17/h3-6,8-9H,7H2,1-2H3,(H,21,25)(H3,18,22,23,24). The van der Waals surface area contributed by atoms with Gasteiger partial charge in [0.05, 0.1) is 23.9 Å². The molecule has 2 heterocycles. The van der Waals surface area contributed by atoms with Crippen molar-refractivity contribution in [3.05, 3.63) is 53.6 Å². The summed E-state index contributed by atoms with van der Waals surface area (Å²) < 4.78 is 0. The summed E-state index contributed by atoms with van der Waals surface area (Å²) in [4.78, 5) is 36.5. The molecule has 0 saturated heterocycles. The number of nitrogens with zero attached hydrogens (tertiary/aromatic N) is 3. The van der Waals surface area contributed by atoms with Crippen molar-refractivity contribution in [2.75, 3.05) is 5.32 Å². The van der Waals surface area contributed by atoms with Gasteiger partial charge in [-0.2, -0.15) is 0 Å². The van der Waals surface area contributed by atoms with Crippen molar-refractivity contribution in [1.29, 1.82) is 0 Å². The summed E-state index contributed by atoms with van der Waals surface area (Å²) in [5, 5.41) is 5.26. The van der Waals surface area contributed by atoms with Crippen LogP contribution in [-0.4, -0.2) is 27.7 Å². The Morgan fingerprint density at radius 2 is 2.12 bits per heavy atom. The molecular weight excluding hydrogens is 320 g/mol. The number of amides is 2. The molecule has 1 aromatic carbocycles. The molecule has 1 aliphatic heterocycles. The number of anilines is 1. The number of carbonyl (C=O) groups is 2. The molecule has 3 rings (SSSR count). The van der Waals surface area contributed by atoms with Crippen LogP contribution in [0.4, 0.5) is 5.69 Å². The topological polar surface area (TPSA) is 122 Å². The van der Waals surface area contributed by atoms with Gasteiger partial charge in [0.1, 0.15) is 5.69 Å². The second-order valence-corrected chi connectivity index (χ2v) is 6.07. The van der Waals surface area contributed by atoms with E-state index in [1.54, 1.807) is 25.1 Å². The first-order chi connectivity index (χ1) is 11.9. The van der Waals surface area contributed by atoms with Crippen LogP contribution in [0.15, 0.2) is 41.7 Å². The summed E-state index contributed by atoms with van der Waals surface area (Å²) in [5.41, 5.74) is 7.21. The summed E-state index contributed by atoms with van der Waals surface area (Å²) >= 11 is 0. The van der Waals surface area contributed by atoms with Crippen LogP contribution in [0.3, 0.4) is 0 Å². The normalized spacial score (nSPS) is 19.8. The lowest BCUT2D eigenvalue weighted by molar-refractivity contribution is -0.121. The number of benzene rings is 1. The molecule has 0 radical (unpaired) electrons. The predicted molar refractivity (Wildman–Crippen MR) is 92.9 cm³/mol. The number of nitrogens with one attached hydrogen (secondary N) is 2. The molecule has 0 bridgehead atoms. The number of aromatic nitrogens is 2. The van der Waals surface area contributed by atoms with E-state index < -0.39 is 5.54 Å². The number of aryl methyl sites for hydroxylation is 1. The molecular formula is C17H18N6O2. The van der Waals surface area contributed by atoms with E-state index >= 15 is 0 Å². The van der Waals surface area contributed by atoms with E-state index in [1.165, 1.54) is 12.4 Å². The van der Waals surface area contributed by atoms with Gasteiger partial charge in [0, 0.05) is 11.9 Å². The molecule has 2 aromatic rings. The van der Waals surface area contributed by atoms with Gasteiger partial charge in [-0.05, 0) is 31.5 Å². The average molecular weight is 338 g/mol. The zero-order valence-corrected chi connectivity index (χ0v) is 13.9. The quantitative estimate of drug-likeness (QED) is 0.773. The van der Waals surface area contributed by atoms with Gasteiger partial charge in [-0.15, -0.1) is 0 Å². The largest absolute Gasteiger partial charge is 0.370 e. The molecule has 0 fully saturated rings. The van der Waals surface area contributed by atoms with Gasteiger partial charge in [-0.3, -0.25) is 19.9 Å². The fourth-order valence-corrected chi connectivity index (χ4v) is 2.64. The van der Waals surface area contributed by atoms with E-state index in [2.05, 4.69) is 25.6 Å². The molecule has 0 aliphatic carbocycles. The first-order valence-corrected chi connectivity index (χ1v) is 7.71. The van der Waals surface area contributed by atoms with Crippen molar-refractivity contribution in [3.8, 4) is 0 Å². The first-order valence-electron chi connectivity index (χ1n) is 7.71. The summed E-state index contributed by atoms with van der Waals surface area (Å²) in [6.45, 7) is 3.62. The number of guanidine groups is 1. The molecule has 8 nitrogen and oxygen atoms in total. The number of carbonyl (C=O) groups excluding carboxylic acids is 2. The summed E-state index contributed by atoms with van der Waals surface area (Å²) in [7, 11) is 0. The molecule has 0 spiro atoms. The molecule has 1 aromatic heterocycles. The third-order valence-corrected chi connectivity index (χ3v) is 3.90. The van der Waals surface area contributed by atoms with E-state index in [9.17, 15) is 9.59 Å². The zero-order valence-electron chi connectivity index (χ0n) is 13.9. The molecule has 25 heavy (non-hydrogen) atoms. The maximum Gasteiger partial charge on any atom is 0.275 e. The molecule has 1 aliphatic rings. The Hall–Kier alpha value is -3.29. The number of aliphatic imine (C=N–C) groups is 1. The van der Waals surface area contributed by atoms with Gasteiger partial charge in [0.25, 0.3) is 5.91 Å². The van der Waals surface area contributed by atoms with E-state index in [4.69, 9.17) is 5.73 Å². The highest BCUT2D eigenvalue weighted by atomic mass is 16.2. The molecule has 4 N–H and O–H groups in total. The second kappa shape index (κ2) is 6.31. The van der Waals surface area contributed by atoms with E-state index in [0.29, 0.717) is 5.69 Å².